The highest BCUT2D eigenvalue weighted by molar-refractivity contribution is 5.45. The minimum atomic E-state index is -0.763. The van der Waals surface area contributed by atoms with Crippen LogP contribution >= 0.6 is 0 Å². The molecule has 0 aliphatic heterocycles. The Balaban J connectivity index is 2.82. The number of hydrogen-bond donors (Lipinski definition) is 4. The van der Waals surface area contributed by atoms with Gasteiger partial charge in [0, 0.05) is 6.07 Å². The number of nitrogens with one attached hydrogen (secondary N) is 1. The van der Waals surface area contributed by atoms with Crippen LogP contribution in [0.25, 0.3) is 0 Å². The van der Waals surface area contributed by atoms with Crippen LogP contribution in [-0.4, -0.2) is 38.9 Å². The summed E-state index contributed by atoms with van der Waals surface area (Å²) >= 11 is 0. The maximum absolute atomic E-state index is 9.21. The first-order valence-electron chi connectivity index (χ1n) is 4.73. The Hall–Kier alpha value is -1.40. The zero-order valence-corrected chi connectivity index (χ0v) is 8.64. The minimum Gasteiger partial charge on any atom is -0.394 e. The van der Waals surface area contributed by atoms with E-state index in [0.717, 1.165) is 0 Å². The van der Waals surface area contributed by atoms with Crippen LogP contribution in [0.2, 0.25) is 0 Å². The predicted octanol–water partition coefficient (Wildman–Crippen LogP) is -0.396. The van der Waals surface area contributed by atoms with Gasteiger partial charge in [0.15, 0.2) is 0 Å². The third-order valence-corrected chi connectivity index (χ3v) is 2.36. The molecule has 0 amide bonds. The molecule has 1 rings (SSSR count). The Kier molecular flexibility index (Phi) is 3.81. The van der Waals surface area contributed by atoms with E-state index in [2.05, 4.69) is 15.3 Å². The summed E-state index contributed by atoms with van der Waals surface area (Å²) in [5.41, 5.74) is 4.72. The van der Waals surface area contributed by atoms with Gasteiger partial charge in [-0.3, -0.25) is 0 Å². The van der Waals surface area contributed by atoms with Gasteiger partial charge in [0.25, 0.3) is 0 Å². The number of nitrogens with zero attached hydrogens (tertiary/aromatic N) is 2. The van der Waals surface area contributed by atoms with Gasteiger partial charge in [0.1, 0.15) is 18.0 Å². The van der Waals surface area contributed by atoms with Crippen molar-refractivity contribution in [3.63, 3.8) is 0 Å². The fourth-order valence-electron chi connectivity index (χ4n) is 1.15. The molecule has 84 valence electrons. The van der Waals surface area contributed by atoms with E-state index >= 15 is 0 Å². The normalized spacial score (nSPS) is 11.4. The summed E-state index contributed by atoms with van der Waals surface area (Å²) in [7, 11) is 0. The largest absolute Gasteiger partial charge is 0.394 e. The topological polar surface area (TPSA) is 104 Å². The zero-order valence-electron chi connectivity index (χ0n) is 8.64. The highest BCUT2D eigenvalue weighted by Gasteiger charge is 2.26. The summed E-state index contributed by atoms with van der Waals surface area (Å²) in [5.74, 6) is 0.834. The molecule has 0 radical (unpaired) electrons. The molecule has 0 unspecified atom stereocenters. The molecule has 15 heavy (non-hydrogen) atoms. The third-order valence-electron chi connectivity index (χ3n) is 2.36. The van der Waals surface area contributed by atoms with Gasteiger partial charge in [-0.1, -0.05) is 6.92 Å². The van der Waals surface area contributed by atoms with Crippen LogP contribution in [0.15, 0.2) is 12.4 Å². The van der Waals surface area contributed by atoms with E-state index in [1.807, 2.05) is 6.92 Å². The Labute approximate surface area is 88.2 Å². The number of anilines is 2. The van der Waals surface area contributed by atoms with Crippen molar-refractivity contribution in [2.45, 2.75) is 18.9 Å². The number of nitrogens with two attached hydrogens (primary N) is 1. The Morgan fingerprint density at radius 3 is 2.53 bits per heavy atom. The lowest BCUT2D eigenvalue weighted by Crippen LogP contribution is -2.45. The molecule has 0 aromatic carbocycles. The summed E-state index contributed by atoms with van der Waals surface area (Å²) in [5, 5.41) is 21.4. The van der Waals surface area contributed by atoms with Gasteiger partial charge in [0.2, 0.25) is 0 Å². The molecule has 0 saturated carbocycles. The Bertz CT molecular complexity index is 306. The summed E-state index contributed by atoms with van der Waals surface area (Å²) in [4.78, 5) is 7.69. The van der Waals surface area contributed by atoms with Crippen molar-refractivity contribution in [3.05, 3.63) is 12.4 Å². The van der Waals surface area contributed by atoms with E-state index in [4.69, 9.17) is 5.73 Å². The van der Waals surface area contributed by atoms with Crippen LogP contribution in [-0.2, 0) is 0 Å². The first-order chi connectivity index (χ1) is 7.15. The smallest absolute Gasteiger partial charge is 0.132 e. The first kappa shape index (κ1) is 11.7. The molecular formula is C9H16N4O2. The molecule has 0 fully saturated rings. The van der Waals surface area contributed by atoms with Gasteiger partial charge in [-0.25, -0.2) is 9.97 Å². The number of hydrogen-bond acceptors (Lipinski definition) is 6. The summed E-state index contributed by atoms with van der Waals surface area (Å²) in [6.45, 7) is 1.51. The molecule has 6 nitrogen and oxygen atoms in total. The van der Waals surface area contributed by atoms with Crippen molar-refractivity contribution < 1.29 is 10.2 Å². The van der Waals surface area contributed by atoms with Crippen molar-refractivity contribution in [2.75, 3.05) is 24.3 Å². The molecule has 0 spiro atoms. The molecule has 1 aromatic heterocycles. The van der Waals surface area contributed by atoms with E-state index in [-0.39, 0.29) is 13.2 Å². The average molecular weight is 212 g/mol. The van der Waals surface area contributed by atoms with E-state index in [1.165, 1.54) is 6.33 Å². The van der Waals surface area contributed by atoms with Crippen LogP contribution in [0, 0.1) is 0 Å². The summed E-state index contributed by atoms with van der Waals surface area (Å²) in [6.07, 6.45) is 1.90. The van der Waals surface area contributed by atoms with Gasteiger partial charge in [-0.2, -0.15) is 0 Å². The summed E-state index contributed by atoms with van der Waals surface area (Å²) in [6, 6.07) is 1.55. The minimum absolute atomic E-state index is 0.177. The second-order valence-corrected chi connectivity index (χ2v) is 3.40. The maximum Gasteiger partial charge on any atom is 0.132 e. The molecule has 1 heterocycles. The maximum atomic E-state index is 9.21. The Morgan fingerprint density at radius 1 is 1.40 bits per heavy atom. The fraction of sp³-hybridized carbons (Fsp3) is 0.556. The second kappa shape index (κ2) is 4.90. The number of nitrogen functional groups attached to an aromatic ring is 1. The molecule has 1 aromatic rings. The van der Waals surface area contributed by atoms with Crippen molar-refractivity contribution in [1.82, 2.24) is 9.97 Å². The molecule has 6 heteroatoms. The standard InChI is InChI=1S/C9H16N4O2/c1-2-9(4-14,5-15)13-8-3-7(10)11-6-12-8/h3,6,14-15H,2,4-5H2,1H3,(H3,10,11,12,13). The molecule has 5 N–H and O–H groups in total. The molecule has 0 aliphatic rings. The Morgan fingerprint density at radius 2 is 2.07 bits per heavy atom. The molecule has 0 atom stereocenters. The number of aliphatic hydroxyl groups excluding tert-OH is 2. The zero-order chi connectivity index (χ0) is 11.3. The molecule has 0 aliphatic carbocycles. The number of rotatable bonds is 5. The van der Waals surface area contributed by atoms with E-state index in [9.17, 15) is 10.2 Å². The van der Waals surface area contributed by atoms with Gasteiger partial charge in [0.05, 0.1) is 18.8 Å². The van der Waals surface area contributed by atoms with Crippen molar-refractivity contribution in [3.8, 4) is 0 Å². The molecule has 0 bridgehead atoms. The van der Waals surface area contributed by atoms with Crippen molar-refractivity contribution in [2.24, 2.45) is 0 Å². The second-order valence-electron chi connectivity index (χ2n) is 3.40. The van der Waals surface area contributed by atoms with Crippen molar-refractivity contribution >= 4 is 11.6 Å². The SMILES string of the molecule is CCC(CO)(CO)Nc1cc(N)ncn1. The van der Waals surface area contributed by atoms with E-state index in [1.54, 1.807) is 6.07 Å². The average Bonchev–Trinajstić information content (AvgIpc) is 2.26. The van der Waals surface area contributed by atoms with Gasteiger partial charge in [-0.15, -0.1) is 0 Å². The highest BCUT2D eigenvalue weighted by Crippen LogP contribution is 2.16. The highest BCUT2D eigenvalue weighted by atomic mass is 16.3. The van der Waals surface area contributed by atoms with Crippen LogP contribution in [0.4, 0.5) is 11.6 Å². The fourth-order valence-corrected chi connectivity index (χ4v) is 1.15. The molecule has 0 saturated heterocycles. The lowest BCUT2D eigenvalue weighted by Gasteiger charge is -2.30. The van der Waals surface area contributed by atoms with Gasteiger partial charge < -0.3 is 21.3 Å². The van der Waals surface area contributed by atoms with E-state index < -0.39 is 5.54 Å². The van der Waals surface area contributed by atoms with Crippen LogP contribution in [0.5, 0.6) is 0 Å². The monoisotopic (exact) mass is 212 g/mol. The quantitative estimate of drug-likeness (QED) is 0.529. The van der Waals surface area contributed by atoms with Crippen LogP contribution < -0.4 is 11.1 Å². The van der Waals surface area contributed by atoms with Gasteiger partial charge in [-0.05, 0) is 6.42 Å². The lowest BCUT2D eigenvalue weighted by molar-refractivity contribution is 0.132. The number of aromatic nitrogens is 2. The summed E-state index contributed by atoms with van der Waals surface area (Å²) < 4.78 is 0. The first-order valence-corrected chi connectivity index (χ1v) is 4.73. The van der Waals surface area contributed by atoms with Crippen molar-refractivity contribution in [1.29, 1.82) is 0 Å². The lowest BCUT2D eigenvalue weighted by atomic mass is 9.98. The van der Waals surface area contributed by atoms with Gasteiger partial charge >= 0.3 is 0 Å². The number of aliphatic hydroxyl groups is 2. The van der Waals surface area contributed by atoms with Crippen LogP contribution in [0.1, 0.15) is 13.3 Å². The molecular weight excluding hydrogens is 196 g/mol. The predicted molar refractivity (Wildman–Crippen MR) is 57.3 cm³/mol. The van der Waals surface area contributed by atoms with E-state index in [0.29, 0.717) is 18.1 Å². The third kappa shape index (κ3) is 2.77. The van der Waals surface area contributed by atoms with Crippen LogP contribution in [0.3, 0.4) is 0 Å².